The Balaban J connectivity index is 3.25. The van der Waals surface area contributed by atoms with Crippen LogP contribution in [0.2, 0.25) is 0 Å². The largest absolute Gasteiger partial charge is 0.418 e. The smallest absolute Gasteiger partial charge is 0.379 e. The van der Waals surface area contributed by atoms with Gasteiger partial charge in [-0.25, -0.2) is 0 Å². The second kappa shape index (κ2) is 4.49. The summed E-state index contributed by atoms with van der Waals surface area (Å²) in [5, 5.41) is 8.91. The highest BCUT2D eigenvalue weighted by atomic mass is 79.9. The molecule has 1 atom stereocenters. The van der Waals surface area contributed by atoms with Gasteiger partial charge in [-0.15, -0.1) is 0 Å². The van der Waals surface area contributed by atoms with Crippen LogP contribution < -0.4 is 0 Å². The van der Waals surface area contributed by atoms with E-state index >= 15 is 0 Å². The number of hydrogen-bond acceptors (Lipinski definition) is 1. The van der Waals surface area contributed by atoms with Crippen LogP contribution in [0.1, 0.15) is 17.2 Å². The third-order valence-electron chi connectivity index (χ3n) is 1.93. The topological polar surface area (TPSA) is 20.2 Å². The SMILES string of the molecule is OC(c1cc(C(F)(F)F)ccc1Br)C(F)(F)F. The van der Waals surface area contributed by atoms with Crippen molar-refractivity contribution in [1.82, 2.24) is 0 Å². The summed E-state index contributed by atoms with van der Waals surface area (Å²) < 4.78 is 73.2. The molecule has 0 radical (unpaired) electrons. The van der Waals surface area contributed by atoms with E-state index in [1.54, 1.807) is 0 Å². The fourth-order valence-corrected chi connectivity index (χ4v) is 1.57. The van der Waals surface area contributed by atoms with Crippen LogP contribution in [0.5, 0.6) is 0 Å². The van der Waals surface area contributed by atoms with Crippen LogP contribution in [-0.2, 0) is 6.18 Å². The predicted octanol–water partition coefficient (Wildman–Crippen LogP) is 4.06. The van der Waals surface area contributed by atoms with E-state index in [-0.39, 0.29) is 10.5 Å². The summed E-state index contributed by atoms with van der Waals surface area (Å²) in [6.07, 6.45) is -12.7. The Morgan fingerprint density at radius 3 is 2.00 bits per heavy atom. The molecule has 8 heteroatoms. The maximum atomic E-state index is 12.3. The summed E-state index contributed by atoms with van der Waals surface area (Å²) in [5.41, 5.74) is -2.12. The molecule has 0 heterocycles. The summed E-state index contributed by atoms with van der Waals surface area (Å²) in [7, 11) is 0. The number of hydrogen-bond donors (Lipinski definition) is 1. The average Bonchev–Trinajstić information content (AvgIpc) is 2.14. The van der Waals surface area contributed by atoms with Crippen LogP contribution in [0.15, 0.2) is 22.7 Å². The van der Waals surface area contributed by atoms with E-state index in [9.17, 15) is 26.3 Å². The first-order valence-electron chi connectivity index (χ1n) is 4.15. The molecule has 17 heavy (non-hydrogen) atoms. The average molecular weight is 323 g/mol. The molecule has 0 saturated heterocycles. The quantitative estimate of drug-likeness (QED) is 0.773. The highest BCUT2D eigenvalue weighted by Crippen LogP contribution is 2.39. The molecule has 0 amide bonds. The molecule has 1 nitrogen and oxygen atoms in total. The number of aliphatic hydroxyl groups excluding tert-OH is 1. The van der Waals surface area contributed by atoms with Gasteiger partial charge >= 0.3 is 12.4 Å². The molecule has 0 aliphatic carbocycles. The molecule has 0 bridgehead atoms. The van der Waals surface area contributed by atoms with Crippen LogP contribution >= 0.6 is 15.9 Å². The van der Waals surface area contributed by atoms with Gasteiger partial charge in [0.1, 0.15) is 0 Å². The summed E-state index contributed by atoms with van der Waals surface area (Å²) in [6, 6.07) is 1.70. The van der Waals surface area contributed by atoms with Crippen molar-refractivity contribution >= 4 is 15.9 Å². The zero-order chi connectivity index (χ0) is 13.4. The molecular weight excluding hydrogens is 318 g/mol. The minimum atomic E-state index is -5.02. The number of aliphatic hydroxyl groups is 1. The Bertz CT molecular complexity index is 411. The first-order valence-corrected chi connectivity index (χ1v) is 4.94. The molecule has 0 spiro atoms. The van der Waals surface area contributed by atoms with Crippen molar-refractivity contribution in [1.29, 1.82) is 0 Å². The lowest BCUT2D eigenvalue weighted by molar-refractivity contribution is -0.207. The molecule has 1 N–H and O–H groups in total. The Hall–Kier alpha value is -0.760. The van der Waals surface area contributed by atoms with E-state index in [0.29, 0.717) is 6.07 Å². The number of benzene rings is 1. The number of halogens is 7. The zero-order valence-electron chi connectivity index (χ0n) is 7.90. The molecule has 1 rings (SSSR count). The third-order valence-corrected chi connectivity index (χ3v) is 2.65. The van der Waals surface area contributed by atoms with Gasteiger partial charge in [0.25, 0.3) is 0 Å². The lowest BCUT2D eigenvalue weighted by Crippen LogP contribution is -2.21. The van der Waals surface area contributed by atoms with Crippen molar-refractivity contribution in [3.05, 3.63) is 33.8 Å². The second-order valence-corrected chi connectivity index (χ2v) is 4.03. The molecule has 0 saturated carbocycles. The summed E-state index contributed by atoms with van der Waals surface area (Å²) >= 11 is 2.66. The maximum absolute atomic E-state index is 12.3. The van der Waals surface area contributed by atoms with Crippen molar-refractivity contribution in [3.63, 3.8) is 0 Å². The molecule has 0 aliphatic rings. The van der Waals surface area contributed by atoms with Crippen LogP contribution in [0.25, 0.3) is 0 Å². The first kappa shape index (κ1) is 14.3. The van der Waals surface area contributed by atoms with Crippen molar-refractivity contribution in [3.8, 4) is 0 Å². The molecule has 96 valence electrons. The monoisotopic (exact) mass is 322 g/mol. The third kappa shape index (κ3) is 3.35. The minimum Gasteiger partial charge on any atom is -0.379 e. The van der Waals surface area contributed by atoms with Gasteiger partial charge in [0.15, 0.2) is 6.10 Å². The Labute approximate surface area is 100 Å². The van der Waals surface area contributed by atoms with Gasteiger partial charge in [-0.3, -0.25) is 0 Å². The van der Waals surface area contributed by atoms with Gasteiger partial charge in [0.2, 0.25) is 0 Å². The lowest BCUT2D eigenvalue weighted by Gasteiger charge is -2.17. The molecule has 1 aromatic rings. The summed E-state index contributed by atoms with van der Waals surface area (Å²) in [6.45, 7) is 0. The molecule has 1 aromatic carbocycles. The van der Waals surface area contributed by atoms with Gasteiger partial charge in [0, 0.05) is 10.0 Å². The van der Waals surface area contributed by atoms with Crippen LogP contribution in [0, 0.1) is 0 Å². The fraction of sp³-hybridized carbons (Fsp3) is 0.333. The molecule has 0 aliphatic heterocycles. The van der Waals surface area contributed by atoms with Crippen LogP contribution in [0.4, 0.5) is 26.3 Å². The van der Waals surface area contributed by atoms with Crippen molar-refractivity contribution in [2.75, 3.05) is 0 Å². The first-order chi connectivity index (χ1) is 7.53. The predicted molar refractivity (Wildman–Crippen MR) is 50.2 cm³/mol. The van der Waals surface area contributed by atoms with E-state index in [1.165, 1.54) is 0 Å². The maximum Gasteiger partial charge on any atom is 0.418 e. The van der Waals surface area contributed by atoms with Gasteiger partial charge in [-0.2, -0.15) is 26.3 Å². The summed E-state index contributed by atoms with van der Waals surface area (Å²) in [5.74, 6) is 0. The normalized spacial score (nSPS) is 14.8. The summed E-state index contributed by atoms with van der Waals surface area (Å²) in [4.78, 5) is 0. The van der Waals surface area contributed by atoms with Crippen LogP contribution in [-0.4, -0.2) is 11.3 Å². The van der Waals surface area contributed by atoms with E-state index in [1.807, 2.05) is 0 Å². The zero-order valence-corrected chi connectivity index (χ0v) is 9.49. The standard InChI is InChI=1S/C9H5BrF6O/c10-6-2-1-4(8(11,12)13)3-5(6)7(17)9(14,15)16/h1-3,7,17H. The van der Waals surface area contributed by atoms with E-state index in [4.69, 9.17) is 5.11 Å². The molecule has 0 aromatic heterocycles. The molecule has 1 unspecified atom stereocenters. The lowest BCUT2D eigenvalue weighted by atomic mass is 10.1. The van der Waals surface area contributed by atoms with E-state index < -0.39 is 29.6 Å². The number of alkyl halides is 6. The van der Waals surface area contributed by atoms with Crippen molar-refractivity contribution in [2.45, 2.75) is 18.5 Å². The van der Waals surface area contributed by atoms with Gasteiger partial charge < -0.3 is 5.11 Å². The van der Waals surface area contributed by atoms with Gasteiger partial charge in [-0.05, 0) is 18.2 Å². The Morgan fingerprint density at radius 2 is 1.59 bits per heavy atom. The Morgan fingerprint density at radius 1 is 1.06 bits per heavy atom. The highest BCUT2D eigenvalue weighted by Gasteiger charge is 2.41. The van der Waals surface area contributed by atoms with E-state index in [2.05, 4.69) is 15.9 Å². The van der Waals surface area contributed by atoms with E-state index in [0.717, 1.165) is 6.07 Å². The Kier molecular flexibility index (Phi) is 3.78. The van der Waals surface area contributed by atoms with Gasteiger partial charge in [-0.1, -0.05) is 15.9 Å². The second-order valence-electron chi connectivity index (χ2n) is 3.18. The van der Waals surface area contributed by atoms with Crippen molar-refractivity contribution < 1.29 is 31.4 Å². The fourth-order valence-electron chi connectivity index (χ4n) is 1.11. The number of rotatable bonds is 1. The van der Waals surface area contributed by atoms with Crippen molar-refractivity contribution in [2.24, 2.45) is 0 Å². The highest BCUT2D eigenvalue weighted by molar-refractivity contribution is 9.10. The molecule has 0 fully saturated rings. The van der Waals surface area contributed by atoms with Crippen LogP contribution in [0.3, 0.4) is 0 Å². The molecular formula is C9H5BrF6O. The minimum absolute atomic E-state index is 0.240. The van der Waals surface area contributed by atoms with Gasteiger partial charge in [0.05, 0.1) is 5.56 Å².